The Balaban J connectivity index is 1.74. The number of morpholine rings is 2. The van der Waals surface area contributed by atoms with E-state index in [-0.39, 0.29) is 5.91 Å². The van der Waals surface area contributed by atoms with Crippen molar-refractivity contribution in [2.45, 2.75) is 19.4 Å². The van der Waals surface area contributed by atoms with E-state index in [4.69, 9.17) is 9.47 Å². The van der Waals surface area contributed by atoms with Gasteiger partial charge in [0.05, 0.1) is 26.4 Å². The minimum absolute atomic E-state index is 0.0336. The molecule has 2 aliphatic rings. The molecule has 0 radical (unpaired) electrons. The number of aromatic nitrogens is 2. The van der Waals surface area contributed by atoms with E-state index in [2.05, 4.69) is 14.9 Å². The van der Waals surface area contributed by atoms with Crippen molar-refractivity contribution in [3.05, 3.63) is 18.1 Å². The molecule has 2 saturated heterocycles. The van der Waals surface area contributed by atoms with Crippen LogP contribution in [0.15, 0.2) is 12.3 Å². The number of hydrogen-bond acceptors (Lipinski definition) is 6. The smallest absolute Gasteiger partial charge is 0.256 e. The van der Waals surface area contributed by atoms with Gasteiger partial charge in [-0.05, 0) is 19.9 Å². The van der Waals surface area contributed by atoms with Gasteiger partial charge < -0.3 is 19.3 Å². The van der Waals surface area contributed by atoms with Crippen LogP contribution in [0.3, 0.4) is 0 Å². The lowest BCUT2D eigenvalue weighted by molar-refractivity contribution is -0.161. The van der Waals surface area contributed by atoms with Gasteiger partial charge in [-0.3, -0.25) is 4.79 Å². The number of carbonyl (C=O) groups is 1. The summed E-state index contributed by atoms with van der Waals surface area (Å²) in [7, 11) is 0. The number of ether oxygens (including phenoxy) is 2. The number of nitrogens with zero attached hydrogens (tertiary/aromatic N) is 4. The van der Waals surface area contributed by atoms with Crippen LogP contribution in [-0.4, -0.2) is 72.4 Å². The predicted molar refractivity (Wildman–Crippen MR) is 80.7 cm³/mol. The van der Waals surface area contributed by atoms with Gasteiger partial charge in [0.1, 0.15) is 11.6 Å². The Morgan fingerprint density at radius 2 is 2.05 bits per heavy atom. The zero-order chi connectivity index (χ0) is 15.6. The average Bonchev–Trinajstić information content (AvgIpc) is 2.55. The molecule has 0 unspecified atom stereocenters. The SMILES string of the molecule is Cc1nccc(N2CCO[C@](C)(C(=O)N3CCOCC3)C2)n1. The van der Waals surface area contributed by atoms with Gasteiger partial charge in [-0.1, -0.05) is 0 Å². The predicted octanol–water partition coefficient (Wildman–Crippen LogP) is 0.239. The Kier molecular flexibility index (Phi) is 4.26. The molecule has 0 bridgehead atoms. The molecule has 0 spiro atoms. The topological polar surface area (TPSA) is 67.8 Å². The van der Waals surface area contributed by atoms with Gasteiger partial charge in [-0.25, -0.2) is 9.97 Å². The Morgan fingerprint density at radius 1 is 1.27 bits per heavy atom. The molecule has 1 atom stereocenters. The van der Waals surface area contributed by atoms with Crippen molar-refractivity contribution in [3.63, 3.8) is 0 Å². The summed E-state index contributed by atoms with van der Waals surface area (Å²) in [4.78, 5) is 25.3. The quantitative estimate of drug-likeness (QED) is 0.780. The molecule has 120 valence electrons. The summed E-state index contributed by atoms with van der Waals surface area (Å²) in [6, 6.07) is 1.87. The normalized spacial score (nSPS) is 26.1. The van der Waals surface area contributed by atoms with Crippen molar-refractivity contribution in [3.8, 4) is 0 Å². The average molecular weight is 306 g/mol. The fourth-order valence-corrected chi connectivity index (χ4v) is 2.92. The first-order valence-corrected chi connectivity index (χ1v) is 7.64. The van der Waals surface area contributed by atoms with E-state index in [1.165, 1.54) is 0 Å². The lowest BCUT2D eigenvalue weighted by Gasteiger charge is -2.42. The van der Waals surface area contributed by atoms with E-state index in [0.717, 1.165) is 18.2 Å². The number of carbonyl (C=O) groups excluding carboxylic acids is 1. The number of amides is 1. The largest absolute Gasteiger partial charge is 0.378 e. The first kappa shape index (κ1) is 15.2. The molecule has 1 aromatic heterocycles. The van der Waals surface area contributed by atoms with Crippen LogP contribution in [0, 0.1) is 6.92 Å². The van der Waals surface area contributed by atoms with Gasteiger partial charge in [-0.15, -0.1) is 0 Å². The third kappa shape index (κ3) is 3.05. The van der Waals surface area contributed by atoms with Gasteiger partial charge in [0.25, 0.3) is 5.91 Å². The molecule has 7 nitrogen and oxygen atoms in total. The summed E-state index contributed by atoms with van der Waals surface area (Å²) < 4.78 is 11.2. The summed E-state index contributed by atoms with van der Waals surface area (Å²) in [5, 5.41) is 0. The molecule has 22 heavy (non-hydrogen) atoms. The Bertz CT molecular complexity index is 547. The van der Waals surface area contributed by atoms with Gasteiger partial charge in [0, 0.05) is 25.8 Å². The highest BCUT2D eigenvalue weighted by Gasteiger charge is 2.42. The first-order chi connectivity index (χ1) is 10.6. The third-order valence-electron chi connectivity index (χ3n) is 4.11. The van der Waals surface area contributed by atoms with Gasteiger partial charge in [0.15, 0.2) is 5.60 Å². The van der Waals surface area contributed by atoms with E-state index >= 15 is 0 Å². The van der Waals surface area contributed by atoms with E-state index in [9.17, 15) is 4.79 Å². The zero-order valence-corrected chi connectivity index (χ0v) is 13.1. The van der Waals surface area contributed by atoms with Gasteiger partial charge in [-0.2, -0.15) is 0 Å². The second kappa shape index (κ2) is 6.18. The zero-order valence-electron chi connectivity index (χ0n) is 13.1. The highest BCUT2D eigenvalue weighted by atomic mass is 16.5. The van der Waals surface area contributed by atoms with Crippen molar-refractivity contribution in [2.75, 3.05) is 50.9 Å². The maximum absolute atomic E-state index is 12.8. The number of anilines is 1. The Labute approximate surface area is 130 Å². The van der Waals surface area contributed by atoms with E-state index in [1.807, 2.05) is 24.8 Å². The van der Waals surface area contributed by atoms with Crippen molar-refractivity contribution < 1.29 is 14.3 Å². The van der Waals surface area contributed by atoms with Crippen LogP contribution in [0.25, 0.3) is 0 Å². The highest BCUT2D eigenvalue weighted by molar-refractivity contribution is 5.86. The summed E-state index contributed by atoms with van der Waals surface area (Å²) >= 11 is 0. The first-order valence-electron chi connectivity index (χ1n) is 7.64. The molecule has 2 fully saturated rings. The van der Waals surface area contributed by atoms with Crippen LogP contribution in [0.4, 0.5) is 5.82 Å². The fraction of sp³-hybridized carbons (Fsp3) is 0.667. The molecule has 1 amide bonds. The van der Waals surface area contributed by atoms with Crippen LogP contribution in [0.5, 0.6) is 0 Å². The standard InChI is InChI=1S/C15H22N4O3/c1-12-16-4-3-13(17-12)19-7-10-22-15(2,11-19)14(20)18-5-8-21-9-6-18/h3-4H,5-11H2,1-2H3/t15-/m0/s1. The molecule has 1 aromatic rings. The summed E-state index contributed by atoms with van der Waals surface area (Å²) in [5.74, 6) is 1.60. The van der Waals surface area contributed by atoms with Gasteiger partial charge >= 0.3 is 0 Å². The van der Waals surface area contributed by atoms with Crippen LogP contribution in [-0.2, 0) is 14.3 Å². The van der Waals surface area contributed by atoms with Crippen LogP contribution in [0.2, 0.25) is 0 Å². The second-order valence-corrected chi connectivity index (χ2v) is 5.87. The van der Waals surface area contributed by atoms with Crippen molar-refractivity contribution in [2.24, 2.45) is 0 Å². The number of hydrogen-bond donors (Lipinski definition) is 0. The molecule has 0 saturated carbocycles. The molecule has 0 N–H and O–H groups in total. The second-order valence-electron chi connectivity index (χ2n) is 5.87. The summed E-state index contributed by atoms with van der Waals surface area (Å²) in [5.41, 5.74) is -0.839. The summed E-state index contributed by atoms with van der Waals surface area (Å²) in [6.45, 7) is 7.91. The van der Waals surface area contributed by atoms with Crippen LogP contribution >= 0.6 is 0 Å². The van der Waals surface area contributed by atoms with E-state index in [0.29, 0.717) is 39.5 Å². The maximum Gasteiger partial charge on any atom is 0.256 e. The van der Waals surface area contributed by atoms with Crippen LogP contribution < -0.4 is 4.90 Å². The van der Waals surface area contributed by atoms with Gasteiger partial charge in [0.2, 0.25) is 0 Å². The number of rotatable bonds is 2. The number of aryl methyl sites for hydroxylation is 1. The minimum Gasteiger partial charge on any atom is -0.378 e. The molecule has 0 aliphatic carbocycles. The van der Waals surface area contributed by atoms with E-state index in [1.54, 1.807) is 6.20 Å². The Morgan fingerprint density at radius 3 is 2.77 bits per heavy atom. The maximum atomic E-state index is 12.8. The molecule has 0 aromatic carbocycles. The van der Waals surface area contributed by atoms with Crippen molar-refractivity contribution in [1.29, 1.82) is 0 Å². The van der Waals surface area contributed by atoms with Crippen molar-refractivity contribution in [1.82, 2.24) is 14.9 Å². The lowest BCUT2D eigenvalue weighted by atomic mass is 10.0. The molecular formula is C15H22N4O3. The van der Waals surface area contributed by atoms with Crippen LogP contribution in [0.1, 0.15) is 12.7 Å². The lowest BCUT2D eigenvalue weighted by Crippen LogP contribution is -2.60. The molecule has 7 heteroatoms. The highest BCUT2D eigenvalue weighted by Crippen LogP contribution is 2.24. The molecular weight excluding hydrogens is 284 g/mol. The van der Waals surface area contributed by atoms with Crippen molar-refractivity contribution >= 4 is 11.7 Å². The summed E-state index contributed by atoms with van der Waals surface area (Å²) in [6.07, 6.45) is 1.74. The molecule has 3 heterocycles. The minimum atomic E-state index is -0.839. The Hall–Kier alpha value is -1.73. The molecule has 3 rings (SSSR count). The molecule has 2 aliphatic heterocycles. The van der Waals surface area contributed by atoms with E-state index < -0.39 is 5.60 Å². The third-order valence-corrected chi connectivity index (χ3v) is 4.11. The monoisotopic (exact) mass is 306 g/mol. The fourth-order valence-electron chi connectivity index (χ4n) is 2.92.